The molecule has 1 amide bonds. The predicted octanol–water partition coefficient (Wildman–Crippen LogP) is 2.95. The number of piperidine rings is 1. The SMILES string of the molecule is CCCS(=O)(=O)N1CCC(NC(=O)c2ccc(OC3CCCC3)c(OC)c2)CC1. The minimum atomic E-state index is -3.17. The molecule has 1 saturated heterocycles. The average molecular weight is 425 g/mol. The van der Waals surface area contributed by atoms with Crippen LogP contribution in [-0.4, -0.2) is 56.7 Å². The number of nitrogens with zero attached hydrogens (tertiary/aromatic N) is 1. The molecule has 0 unspecified atom stereocenters. The van der Waals surface area contributed by atoms with Crippen LogP contribution < -0.4 is 14.8 Å². The van der Waals surface area contributed by atoms with Crippen LogP contribution in [0.3, 0.4) is 0 Å². The number of methoxy groups -OCH3 is 1. The molecule has 1 heterocycles. The van der Waals surface area contributed by atoms with Crippen molar-refractivity contribution in [3.63, 3.8) is 0 Å². The summed E-state index contributed by atoms with van der Waals surface area (Å²) in [5.41, 5.74) is 0.515. The third kappa shape index (κ3) is 5.63. The Kier molecular flexibility index (Phi) is 7.40. The van der Waals surface area contributed by atoms with Crippen molar-refractivity contribution in [2.75, 3.05) is 26.0 Å². The highest BCUT2D eigenvalue weighted by atomic mass is 32.2. The number of amides is 1. The summed E-state index contributed by atoms with van der Waals surface area (Å²) in [6.45, 7) is 2.76. The maximum absolute atomic E-state index is 12.7. The van der Waals surface area contributed by atoms with Crippen molar-refractivity contribution < 1.29 is 22.7 Å². The predicted molar refractivity (Wildman–Crippen MR) is 112 cm³/mol. The molecule has 1 aromatic rings. The first-order valence-electron chi connectivity index (χ1n) is 10.6. The Morgan fingerprint density at radius 3 is 2.45 bits per heavy atom. The summed E-state index contributed by atoms with van der Waals surface area (Å²) in [6.07, 6.45) is 6.55. The van der Waals surface area contributed by atoms with Gasteiger partial charge < -0.3 is 14.8 Å². The molecule has 3 rings (SSSR count). The lowest BCUT2D eigenvalue weighted by atomic mass is 10.1. The molecule has 7 nitrogen and oxygen atoms in total. The fourth-order valence-corrected chi connectivity index (χ4v) is 5.57. The van der Waals surface area contributed by atoms with Crippen LogP contribution in [0.15, 0.2) is 18.2 Å². The molecule has 2 fully saturated rings. The number of hydrogen-bond donors (Lipinski definition) is 1. The molecule has 1 saturated carbocycles. The maximum atomic E-state index is 12.7. The van der Waals surface area contributed by atoms with Gasteiger partial charge >= 0.3 is 0 Å². The Morgan fingerprint density at radius 2 is 1.83 bits per heavy atom. The van der Waals surface area contributed by atoms with Crippen molar-refractivity contribution >= 4 is 15.9 Å². The molecule has 0 spiro atoms. The first-order chi connectivity index (χ1) is 13.9. The van der Waals surface area contributed by atoms with E-state index < -0.39 is 10.0 Å². The lowest BCUT2D eigenvalue weighted by Crippen LogP contribution is -2.47. The molecule has 162 valence electrons. The van der Waals surface area contributed by atoms with E-state index >= 15 is 0 Å². The van der Waals surface area contributed by atoms with Crippen LogP contribution in [0.1, 0.15) is 62.2 Å². The van der Waals surface area contributed by atoms with Crippen LogP contribution in [-0.2, 0) is 10.0 Å². The number of carbonyl (C=O) groups is 1. The molecule has 29 heavy (non-hydrogen) atoms. The maximum Gasteiger partial charge on any atom is 0.251 e. The number of rotatable bonds is 8. The van der Waals surface area contributed by atoms with Gasteiger partial charge in [-0.15, -0.1) is 0 Å². The topological polar surface area (TPSA) is 84.9 Å². The van der Waals surface area contributed by atoms with E-state index in [0.717, 1.165) is 12.8 Å². The van der Waals surface area contributed by atoms with Crippen molar-refractivity contribution in [2.45, 2.75) is 64.0 Å². The monoisotopic (exact) mass is 424 g/mol. The van der Waals surface area contributed by atoms with Gasteiger partial charge in [-0.3, -0.25) is 4.79 Å². The molecule has 0 bridgehead atoms. The third-order valence-corrected chi connectivity index (χ3v) is 7.74. The smallest absolute Gasteiger partial charge is 0.251 e. The van der Waals surface area contributed by atoms with Gasteiger partial charge in [-0.1, -0.05) is 6.92 Å². The number of hydrogen-bond acceptors (Lipinski definition) is 5. The van der Waals surface area contributed by atoms with Gasteiger partial charge in [0.05, 0.1) is 19.0 Å². The van der Waals surface area contributed by atoms with E-state index in [1.807, 2.05) is 6.92 Å². The summed E-state index contributed by atoms with van der Waals surface area (Å²) >= 11 is 0. The molecule has 1 aliphatic carbocycles. The summed E-state index contributed by atoms with van der Waals surface area (Å²) in [7, 11) is -1.60. The van der Waals surface area contributed by atoms with Crippen LogP contribution >= 0.6 is 0 Å². The van der Waals surface area contributed by atoms with Gasteiger partial charge in [-0.2, -0.15) is 0 Å². The van der Waals surface area contributed by atoms with Crippen LogP contribution in [0.2, 0.25) is 0 Å². The van der Waals surface area contributed by atoms with Crippen molar-refractivity contribution in [1.82, 2.24) is 9.62 Å². The molecule has 0 radical (unpaired) electrons. The van der Waals surface area contributed by atoms with Gasteiger partial charge in [0, 0.05) is 24.7 Å². The lowest BCUT2D eigenvalue weighted by molar-refractivity contribution is 0.0923. The molecule has 1 aromatic carbocycles. The van der Waals surface area contributed by atoms with Crippen molar-refractivity contribution in [3.05, 3.63) is 23.8 Å². The minimum absolute atomic E-state index is 0.0315. The number of ether oxygens (including phenoxy) is 2. The molecule has 2 aliphatic rings. The van der Waals surface area contributed by atoms with Gasteiger partial charge in [0.2, 0.25) is 10.0 Å². The van der Waals surface area contributed by atoms with Gasteiger partial charge in [0.15, 0.2) is 11.5 Å². The van der Waals surface area contributed by atoms with E-state index in [1.165, 1.54) is 17.1 Å². The van der Waals surface area contributed by atoms with Crippen molar-refractivity contribution in [3.8, 4) is 11.5 Å². The first-order valence-corrected chi connectivity index (χ1v) is 12.2. The van der Waals surface area contributed by atoms with Gasteiger partial charge in [0.1, 0.15) is 0 Å². The van der Waals surface area contributed by atoms with E-state index in [2.05, 4.69) is 5.32 Å². The van der Waals surface area contributed by atoms with Crippen molar-refractivity contribution in [1.29, 1.82) is 0 Å². The molecular formula is C21H32N2O5S. The number of nitrogens with one attached hydrogen (secondary N) is 1. The van der Waals surface area contributed by atoms with E-state index in [0.29, 0.717) is 49.4 Å². The Balaban J connectivity index is 1.57. The number of sulfonamides is 1. The van der Waals surface area contributed by atoms with Crippen LogP contribution in [0.25, 0.3) is 0 Å². The van der Waals surface area contributed by atoms with E-state index in [4.69, 9.17) is 9.47 Å². The highest BCUT2D eigenvalue weighted by molar-refractivity contribution is 7.89. The lowest BCUT2D eigenvalue weighted by Gasteiger charge is -2.31. The van der Waals surface area contributed by atoms with E-state index in [9.17, 15) is 13.2 Å². The molecule has 0 atom stereocenters. The number of carbonyl (C=O) groups excluding carboxylic acids is 1. The summed E-state index contributed by atoms with van der Waals surface area (Å²) < 4.78 is 37.3. The minimum Gasteiger partial charge on any atom is -0.493 e. The van der Waals surface area contributed by atoms with E-state index in [1.54, 1.807) is 25.3 Å². The Bertz CT molecular complexity index is 797. The number of benzene rings is 1. The highest BCUT2D eigenvalue weighted by Crippen LogP contribution is 2.32. The van der Waals surface area contributed by atoms with Gasteiger partial charge in [-0.25, -0.2) is 12.7 Å². The van der Waals surface area contributed by atoms with Gasteiger partial charge in [0.25, 0.3) is 5.91 Å². The van der Waals surface area contributed by atoms with Crippen LogP contribution in [0.5, 0.6) is 11.5 Å². The molecular weight excluding hydrogens is 392 g/mol. The Hall–Kier alpha value is -1.80. The Morgan fingerprint density at radius 1 is 1.14 bits per heavy atom. The zero-order valence-electron chi connectivity index (χ0n) is 17.4. The highest BCUT2D eigenvalue weighted by Gasteiger charge is 2.28. The zero-order chi connectivity index (χ0) is 20.9. The average Bonchev–Trinajstić information content (AvgIpc) is 3.21. The zero-order valence-corrected chi connectivity index (χ0v) is 18.2. The summed E-state index contributed by atoms with van der Waals surface area (Å²) in [4.78, 5) is 12.7. The van der Waals surface area contributed by atoms with Crippen LogP contribution in [0.4, 0.5) is 0 Å². The fourth-order valence-electron chi connectivity index (χ4n) is 4.03. The fraction of sp³-hybridized carbons (Fsp3) is 0.667. The second-order valence-corrected chi connectivity index (χ2v) is 9.94. The normalized spacial score (nSPS) is 19.2. The first kappa shape index (κ1) is 21.9. The quantitative estimate of drug-likeness (QED) is 0.694. The molecule has 1 aliphatic heterocycles. The molecule has 8 heteroatoms. The molecule has 0 aromatic heterocycles. The summed E-state index contributed by atoms with van der Waals surface area (Å²) in [5.74, 6) is 1.24. The van der Waals surface area contributed by atoms with Crippen molar-refractivity contribution in [2.24, 2.45) is 0 Å². The van der Waals surface area contributed by atoms with E-state index in [-0.39, 0.29) is 23.8 Å². The standard InChI is InChI=1S/C21H32N2O5S/c1-3-14-29(25,26)23-12-10-17(11-13-23)22-21(24)16-8-9-19(20(15-16)27-2)28-18-6-4-5-7-18/h8-9,15,17-18H,3-7,10-14H2,1-2H3,(H,22,24). The van der Waals surface area contributed by atoms with Gasteiger partial charge in [-0.05, 0) is 63.1 Å². The third-order valence-electron chi connectivity index (χ3n) is 5.67. The second kappa shape index (κ2) is 9.80. The largest absolute Gasteiger partial charge is 0.493 e. The molecule has 1 N–H and O–H groups in total. The summed E-state index contributed by atoms with van der Waals surface area (Å²) in [5, 5.41) is 3.03. The summed E-state index contributed by atoms with van der Waals surface area (Å²) in [6, 6.07) is 5.23. The Labute approximate surface area is 173 Å². The van der Waals surface area contributed by atoms with Crippen LogP contribution in [0, 0.1) is 0 Å². The second-order valence-electron chi connectivity index (χ2n) is 7.85.